The maximum Gasteiger partial charge on any atom is 0.345 e. The van der Waals surface area contributed by atoms with Crippen LogP contribution in [-0.2, 0) is 11.3 Å². The third-order valence-corrected chi connectivity index (χ3v) is 4.59. The monoisotopic (exact) mass is 301 g/mol. The smallest absolute Gasteiger partial charge is 0.345 e. The van der Waals surface area contributed by atoms with Crippen molar-refractivity contribution in [1.29, 1.82) is 0 Å². The predicted molar refractivity (Wildman–Crippen MR) is 80.0 cm³/mol. The van der Waals surface area contributed by atoms with Gasteiger partial charge in [0.15, 0.2) is 0 Å². The lowest BCUT2D eigenvalue weighted by Crippen LogP contribution is -2.22. The number of carboxylic acid groups (broad SMARTS) is 1. The van der Waals surface area contributed by atoms with Gasteiger partial charge in [-0.15, -0.1) is 11.3 Å². The van der Waals surface area contributed by atoms with Gasteiger partial charge in [0.1, 0.15) is 4.88 Å². The highest BCUT2D eigenvalue weighted by Gasteiger charge is 2.07. The summed E-state index contributed by atoms with van der Waals surface area (Å²) in [5.41, 5.74) is 0. The highest BCUT2D eigenvalue weighted by atomic mass is 32.2. The Labute approximate surface area is 121 Å². The summed E-state index contributed by atoms with van der Waals surface area (Å²) >= 11 is 3.00. The fourth-order valence-corrected chi connectivity index (χ4v) is 3.19. The van der Waals surface area contributed by atoms with Crippen molar-refractivity contribution in [3.05, 3.63) is 21.9 Å². The summed E-state index contributed by atoms with van der Waals surface area (Å²) in [5, 5.41) is 11.6. The summed E-state index contributed by atoms with van der Waals surface area (Å²) in [5.74, 6) is 1.05. The number of hydrogen-bond acceptors (Lipinski definition) is 4. The van der Waals surface area contributed by atoms with Crippen LogP contribution in [0.25, 0.3) is 0 Å². The molecule has 1 rings (SSSR count). The van der Waals surface area contributed by atoms with Crippen molar-refractivity contribution in [2.24, 2.45) is 0 Å². The van der Waals surface area contributed by atoms with Crippen LogP contribution in [0.15, 0.2) is 12.1 Å². The highest BCUT2D eigenvalue weighted by molar-refractivity contribution is 7.99. The molecule has 4 nitrogen and oxygen atoms in total. The van der Waals surface area contributed by atoms with E-state index in [1.54, 1.807) is 23.9 Å². The largest absolute Gasteiger partial charge is 0.477 e. The summed E-state index contributed by atoms with van der Waals surface area (Å²) in [6, 6.07) is 3.31. The molecule has 0 saturated carbocycles. The number of amides is 1. The van der Waals surface area contributed by atoms with Crippen LogP contribution in [0.2, 0.25) is 0 Å². The second-order valence-electron chi connectivity index (χ2n) is 4.06. The maximum atomic E-state index is 11.6. The Morgan fingerprint density at radius 3 is 2.79 bits per heavy atom. The number of hydrogen-bond donors (Lipinski definition) is 2. The van der Waals surface area contributed by atoms with Crippen molar-refractivity contribution in [3.8, 4) is 0 Å². The van der Waals surface area contributed by atoms with E-state index in [0.29, 0.717) is 17.8 Å². The molecule has 106 valence electrons. The molecular weight excluding hydrogens is 282 g/mol. The molecule has 1 amide bonds. The summed E-state index contributed by atoms with van der Waals surface area (Å²) in [7, 11) is 0. The zero-order chi connectivity index (χ0) is 14.1. The number of nitrogens with one attached hydrogen (secondary N) is 1. The molecule has 0 aromatic carbocycles. The average Bonchev–Trinajstić information content (AvgIpc) is 2.85. The van der Waals surface area contributed by atoms with Gasteiger partial charge in [0, 0.05) is 17.1 Å². The molecule has 0 fully saturated rings. The van der Waals surface area contributed by atoms with Gasteiger partial charge in [-0.2, -0.15) is 11.8 Å². The lowest BCUT2D eigenvalue weighted by molar-refractivity contribution is -0.120. The molecule has 0 bridgehead atoms. The van der Waals surface area contributed by atoms with Crippen LogP contribution in [0, 0.1) is 0 Å². The molecule has 0 aliphatic rings. The average molecular weight is 301 g/mol. The van der Waals surface area contributed by atoms with Crippen LogP contribution in [0.3, 0.4) is 0 Å². The van der Waals surface area contributed by atoms with Crippen LogP contribution >= 0.6 is 23.1 Å². The molecular formula is C13H19NO3S2. The van der Waals surface area contributed by atoms with E-state index in [1.807, 2.05) is 0 Å². The third kappa shape index (κ3) is 6.63. The number of unbranched alkanes of at least 4 members (excludes halogenated alkanes) is 1. The second-order valence-corrected chi connectivity index (χ2v) is 6.46. The van der Waals surface area contributed by atoms with Crippen LogP contribution < -0.4 is 5.32 Å². The zero-order valence-electron chi connectivity index (χ0n) is 11.0. The van der Waals surface area contributed by atoms with E-state index in [0.717, 1.165) is 16.4 Å². The molecule has 0 aliphatic heterocycles. The zero-order valence-corrected chi connectivity index (χ0v) is 12.6. The second kappa shape index (κ2) is 8.98. The molecule has 6 heteroatoms. The van der Waals surface area contributed by atoms with Crippen molar-refractivity contribution in [2.75, 3.05) is 11.5 Å². The quantitative estimate of drug-likeness (QED) is 0.688. The number of rotatable bonds is 9. The Bertz CT molecular complexity index is 418. The molecule has 0 saturated heterocycles. The van der Waals surface area contributed by atoms with Crippen molar-refractivity contribution < 1.29 is 14.7 Å². The summed E-state index contributed by atoms with van der Waals surface area (Å²) in [6.45, 7) is 2.57. The molecule has 1 aromatic heterocycles. The summed E-state index contributed by atoms with van der Waals surface area (Å²) in [4.78, 5) is 23.4. The number of carbonyl (C=O) groups excluding carboxylic acids is 1. The maximum absolute atomic E-state index is 11.6. The van der Waals surface area contributed by atoms with Gasteiger partial charge >= 0.3 is 5.97 Å². The fourth-order valence-electron chi connectivity index (χ4n) is 1.38. The van der Waals surface area contributed by atoms with E-state index < -0.39 is 5.97 Å². The first-order valence-electron chi connectivity index (χ1n) is 6.30. The molecule has 1 aromatic rings. The van der Waals surface area contributed by atoms with Gasteiger partial charge in [-0.05, 0) is 24.3 Å². The summed E-state index contributed by atoms with van der Waals surface area (Å²) in [6.07, 6.45) is 2.90. The van der Waals surface area contributed by atoms with Crippen molar-refractivity contribution >= 4 is 35.0 Å². The number of thioether (sulfide) groups is 1. The molecule has 0 spiro atoms. The van der Waals surface area contributed by atoms with E-state index in [9.17, 15) is 9.59 Å². The summed E-state index contributed by atoms with van der Waals surface area (Å²) < 4.78 is 0. The van der Waals surface area contributed by atoms with E-state index >= 15 is 0 Å². The van der Waals surface area contributed by atoms with Gasteiger partial charge in [-0.25, -0.2) is 4.79 Å². The number of carboxylic acids is 1. The third-order valence-electron chi connectivity index (χ3n) is 2.45. The topological polar surface area (TPSA) is 66.4 Å². The van der Waals surface area contributed by atoms with E-state index in [4.69, 9.17) is 5.11 Å². The van der Waals surface area contributed by atoms with Gasteiger partial charge in [0.2, 0.25) is 5.91 Å². The Kier molecular flexibility index (Phi) is 7.59. The standard InChI is InChI=1S/C13H19NO3S2/c1-2-3-7-18-8-6-12(15)14-9-10-4-5-11(19-10)13(16)17/h4-5H,2-3,6-9H2,1H3,(H,14,15)(H,16,17). The fraction of sp³-hybridized carbons (Fsp3) is 0.538. The highest BCUT2D eigenvalue weighted by Crippen LogP contribution is 2.16. The molecule has 19 heavy (non-hydrogen) atoms. The van der Waals surface area contributed by atoms with Gasteiger partial charge in [0.25, 0.3) is 0 Å². The minimum Gasteiger partial charge on any atom is -0.477 e. The van der Waals surface area contributed by atoms with Crippen molar-refractivity contribution in [3.63, 3.8) is 0 Å². The van der Waals surface area contributed by atoms with Crippen molar-refractivity contribution in [2.45, 2.75) is 32.7 Å². The van der Waals surface area contributed by atoms with Crippen LogP contribution in [0.5, 0.6) is 0 Å². The molecule has 1 heterocycles. The van der Waals surface area contributed by atoms with E-state index in [-0.39, 0.29) is 5.91 Å². The Morgan fingerprint density at radius 1 is 1.37 bits per heavy atom. The Morgan fingerprint density at radius 2 is 2.16 bits per heavy atom. The SMILES string of the molecule is CCCCSCCC(=O)NCc1ccc(C(=O)O)s1. The lowest BCUT2D eigenvalue weighted by atomic mass is 10.4. The minimum atomic E-state index is -0.921. The first-order chi connectivity index (χ1) is 9.13. The first kappa shape index (κ1) is 16.0. The number of thiophene rings is 1. The molecule has 0 atom stereocenters. The van der Waals surface area contributed by atoms with Crippen LogP contribution in [-0.4, -0.2) is 28.5 Å². The van der Waals surface area contributed by atoms with Crippen LogP contribution in [0.4, 0.5) is 0 Å². The number of carbonyl (C=O) groups is 2. The molecule has 2 N–H and O–H groups in total. The normalized spacial score (nSPS) is 10.4. The van der Waals surface area contributed by atoms with Crippen LogP contribution in [0.1, 0.15) is 40.7 Å². The first-order valence-corrected chi connectivity index (χ1v) is 8.27. The molecule has 0 aliphatic carbocycles. The minimum absolute atomic E-state index is 0.0225. The predicted octanol–water partition coefficient (Wildman–Crippen LogP) is 2.99. The van der Waals surface area contributed by atoms with Gasteiger partial charge in [0.05, 0.1) is 6.54 Å². The van der Waals surface area contributed by atoms with Gasteiger partial charge in [-0.3, -0.25) is 4.79 Å². The van der Waals surface area contributed by atoms with Gasteiger partial charge < -0.3 is 10.4 Å². The Hall–Kier alpha value is -1.01. The Balaban J connectivity index is 2.17. The number of aromatic carboxylic acids is 1. The van der Waals surface area contributed by atoms with E-state index in [2.05, 4.69) is 12.2 Å². The lowest BCUT2D eigenvalue weighted by Gasteiger charge is -2.03. The molecule has 0 unspecified atom stereocenters. The van der Waals surface area contributed by atoms with Crippen molar-refractivity contribution in [1.82, 2.24) is 5.32 Å². The van der Waals surface area contributed by atoms with Gasteiger partial charge in [-0.1, -0.05) is 13.3 Å². The van der Waals surface area contributed by atoms with E-state index in [1.165, 1.54) is 24.2 Å². The molecule has 0 radical (unpaired) electrons.